The van der Waals surface area contributed by atoms with E-state index in [1.165, 1.54) is 6.42 Å². The van der Waals surface area contributed by atoms with Gasteiger partial charge in [0, 0.05) is 11.0 Å². The Balaban J connectivity index is 1.60. The highest BCUT2D eigenvalue weighted by Crippen LogP contribution is 2.16. The van der Waals surface area contributed by atoms with E-state index >= 15 is 0 Å². The summed E-state index contributed by atoms with van der Waals surface area (Å²) >= 11 is 3.39. The maximum atomic E-state index is 5.73. The van der Waals surface area contributed by atoms with Gasteiger partial charge in [0.15, 0.2) is 0 Å². The van der Waals surface area contributed by atoms with E-state index in [1.54, 1.807) is 0 Å². The van der Waals surface area contributed by atoms with Crippen molar-refractivity contribution in [1.82, 2.24) is 5.32 Å². The van der Waals surface area contributed by atoms with Crippen LogP contribution < -0.4 is 10.1 Å². The standard InChI is InChI=1S/C13H18BrNO2/c14-11-3-5-12(6-4-11)16-8-9-17-13-2-1-7-15-10-13/h3-6,13,15H,1-2,7-10H2/t13-/m0/s1. The van der Waals surface area contributed by atoms with Crippen molar-refractivity contribution < 1.29 is 9.47 Å². The second-order valence-corrected chi connectivity index (χ2v) is 5.06. The quantitative estimate of drug-likeness (QED) is 0.848. The fourth-order valence-electron chi connectivity index (χ4n) is 1.87. The highest BCUT2D eigenvalue weighted by molar-refractivity contribution is 9.10. The normalized spacial score (nSPS) is 20.2. The molecule has 1 aromatic rings. The van der Waals surface area contributed by atoms with Gasteiger partial charge in [-0.3, -0.25) is 0 Å². The molecule has 1 heterocycles. The fourth-order valence-corrected chi connectivity index (χ4v) is 2.13. The van der Waals surface area contributed by atoms with Crippen molar-refractivity contribution >= 4 is 15.9 Å². The van der Waals surface area contributed by atoms with Crippen LogP contribution in [0.5, 0.6) is 5.75 Å². The Kier molecular flexibility index (Phi) is 5.29. The minimum Gasteiger partial charge on any atom is -0.491 e. The Morgan fingerprint density at radius 3 is 2.76 bits per heavy atom. The molecule has 0 aromatic heterocycles. The van der Waals surface area contributed by atoms with E-state index < -0.39 is 0 Å². The predicted molar refractivity (Wildman–Crippen MR) is 71.5 cm³/mol. The Labute approximate surface area is 111 Å². The molecule has 0 bridgehead atoms. The third-order valence-corrected chi connectivity index (χ3v) is 3.30. The molecule has 1 saturated heterocycles. The molecule has 2 rings (SSSR count). The molecule has 1 atom stereocenters. The van der Waals surface area contributed by atoms with E-state index in [0.717, 1.165) is 29.7 Å². The number of ether oxygens (including phenoxy) is 2. The van der Waals surface area contributed by atoms with Gasteiger partial charge < -0.3 is 14.8 Å². The molecule has 1 aliphatic rings. The molecule has 0 unspecified atom stereocenters. The Morgan fingerprint density at radius 2 is 2.06 bits per heavy atom. The van der Waals surface area contributed by atoms with Crippen molar-refractivity contribution in [2.45, 2.75) is 18.9 Å². The molecule has 1 aromatic carbocycles. The van der Waals surface area contributed by atoms with Gasteiger partial charge >= 0.3 is 0 Å². The van der Waals surface area contributed by atoms with Gasteiger partial charge in [-0.2, -0.15) is 0 Å². The van der Waals surface area contributed by atoms with Crippen LogP contribution in [0.15, 0.2) is 28.7 Å². The van der Waals surface area contributed by atoms with E-state index in [0.29, 0.717) is 19.3 Å². The van der Waals surface area contributed by atoms with Gasteiger partial charge in [-0.25, -0.2) is 0 Å². The smallest absolute Gasteiger partial charge is 0.119 e. The van der Waals surface area contributed by atoms with Crippen molar-refractivity contribution in [1.29, 1.82) is 0 Å². The summed E-state index contributed by atoms with van der Waals surface area (Å²) < 4.78 is 12.4. The third kappa shape index (κ3) is 4.66. The van der Waals surface area contributed by atoms with Crippen LogP contribution in [0, 0.1) is 0 Å². The van der Waals surface area contributed by atoms with Gasteiger partial charge in [0.1, 0.15) is 12.4 Å². The van der Waals surface area contributed by atoms with Crippen LogP contribution in [0.25, 0.3) is 0 Å². The number of nitrogens with one attached hydrogen (secondary N) is 1. The lowest BCUT2D eigenvalue weighted by Gasteiger charge is -2.23. The summed E-state index contributed by atoms with van der Waals surface area (Å²) in [4.78, 5) is 0. The average molecular weight is 300 g/mol. The Bertz CT molecular complexity index is 323. The predicted octanol–water partition coefficient (Wildman–Crippen LogP) is 2.60. The first-order valence-electron chi connectivity index (χ1n) is 6.05. The lowest BCUT2D eigenvalue weighted by Crippen LogP contribution is -2.36. The Morgan fingerprint density at radius 1 is 1.24 bits per heavy atom. The first kappa shape index (κ1) is 12.9. The van der Waals surface area contributed by atoms with Gasteiger partial charge in [0.05, 0.1) is 12.7 Å². The van der Waals surface area contributed by atoms with Crippen LogP contribution in [0.1, 0.15) is 12.8 Å². The van der Waals surface area contributed by atoms with Crippen LogP contribution in [0.3, 0.4) is 0 Å². The van der Waals surface area contributed by atoms with Gasteiger partial charge in [0.25, 0.3) is 0 Å². The molecule has 0 amide bonds. The van der Waals surface area contributed by atoms with Crippen LogP contribution in [0.4, 0.5) is 0 Å². The summed E-state index contributed by atoms with van der Waals surface area (Å²) in [7, 11) is 0. The molecule has 94 valence electrons. The van der Waals surface area contributed by atoms with E-state index in [-0.39, 0.29) is 0 Å². The molecular weight excluding hydrogens is 282 g/mol. The highest BCUT2D eigenvalue weighted by atomic mass is 79.9. The fraction of sp³-hybridized carbons (Fsp3) is 0.538. The SMILES string of the molecule is Brc1ccc(OCCO[C@H]2CCCNC2)cc1. The van der Waals surface area contributed by atoms with Crippen molar-refractivity contribution in [3.05, 3.63) is 28.7 Å². The van der Waals surface area contributed by atoms with Crippen molar-refractivity contribution in [3.8, 4) is 5.75 Å². The summed E-state index contributed by atoms with van der Waals surface area (Å²) in [5.41, 5.74) is 0. The summed E-state index contributed by atoms with van der Waals surface area (Å²) in [6.45, 7) is 3.36. The van der Waals surface area contributed by atoms with Gasteiger partial charge in [-0.15, -0.1) is 0 Å². The molecule has 0 aliphatic carbocycles. The number of hydrogen-bond donors (Lipinski definition) is 1. The molecule has 1 N–H and O–H groups in total. The maximum Gasteiger partial charge on any atom is 0.119 e. The first-order valence-corrected chi connectivity index (χ1v) is 6.84. The molecule has 0 saturated carbocycles. The number of hydrogen-bond acceptors (Lipinski definition) is 3. The third-order valence-electron chi connectivity index (χ3n) is 2.77. The zero-order valence-electron chi connectivity index (χ0n) is 9.82. The lowest BCUT2D eigenvalue weighted by molar-refractivity contribution is 0.0205. The van der Waals surface area contributed by atoms with E-state index in [9.17, 15) is 0 Å². The van der Waals surface area contributed by atoms with Gasteiger partial charge in [-0.05, 0) is 43.7 Å². The van der Waals surface area contributed by atoms with Crippen molar-refractivity contribution in [2.75, 3.05) is 26.3 Å². The summed E-state index contributed by atoms with van der Waals surface area (Å²) in [6.07, 6.45) is 2.72. The molecule has 17 heavy (non-hydrogen) atoms. The topological polar surface area (TPSA) is 30.5 Å². The molecule has 1 aliphatic heterocycles. The molecule has 4 heteroatoms. The Hall–Kier alpha value is -0.580. The highest BCUT2D eigenvalue weighted by Gasteiger charge is 2.12. The summed E-state index contributed by atoms with van der Waals surface area (Å²) in [5.74, 6) is 0.888. The van der Waals surface area contributed by atoms with Gasteiger partial charge in [-0.1, -0.05) is 15.9 Å². The maximum absolute atomic E-state index is 5.73. The van der Waals surface area contributed by atoms with Crippen molar-refractivity contribution in [3.63, 3.8) is 0 Å². The minimum absolute atomic E-state index is 0.359. The van der Waals surface area contributed by atoms with Gasteiger partial charge in [0.2, 0.25) is 0 Å². The van der Waals surface area contributed by atoms with Crippen molar-refractivity contribution in [2.24, 2.45) is 0 Å². The zero-order valence-corrected chi connectivity index (χ0v) is 11.4. The summed E-state index contributed by atoms with van der Waals surface area (Å²) in [6, 6.07) is 7.85. The number of benzene rings is 1. The number of piperidine rings is 1. The number of rotatable bonds is 5. The molecule has 3 nitrogen and oxygen atoms in total. The van der Waals surface area contributed by atoms with E-state index in [4.69, 9.17) is 9.47 Å². The van der Waals surface area contributed by atoms with Crippen LogP contribution in [0.2, 0.25) is 0 Å². The van der Waals surface area contributed by atoms with Crippen LogP contribution in [-0.2, 0) is 4.74 Å². The van der Waals surface area contributed by atoms with E-state index in [2.05, 4.69) is 21.2 Å². The summed E-state index contributed by atoms with van der Waals surface area (Å²) in [5, 5.41) is 3.33. The second-order valence-electron chi connectivity index (χ2n) is 4.14. The zero-order chi connectivity index (χ0) is 11.9. The number of halogens is 1. The molecule has 1 fully saturated rings. The lowest BCUT2D eigenvalue weighted by atomic mass is 10.1. The monoisotopic (exact) mass is 299 g/mol. The van der Waals surface area contributed by atoms with E-state index in [1.807, 2.05) is 24.3 Å². The molecule has 0 spiro atoms. The molecule has 0 radical (unpaired) electrons. The van der Waals surface area contributed by atoms with Crippen LogP contribution >= 0.6 is 15.9 Å². The first-order chi connectivity index (χ1) is 8.34. The van der Waals surface area contributed by atoms with Crippen LogP contribution in [-0.4, -0.2) is 32.4 Å². The molecular formula is C13H18BrNO2. The largest absolute Gasteiger partial charge is 0.491 e. The minimum atomic E-state index is 0.359. The second kappa shape index (κ2) is 6.99. The average Bonchev–Trinajstić information content (AvgIpc) is 2.38.